The van der Waals surface area contributed by atoms with Crippen LogP contribution < -0.4 is 11.4 Å². The number of aromatic nitrogens is 2. The van der Waals surface area contributed by atoms with Crippen molar-refractivity contribution in [1.29, 1.82) is 0 Å². The summed E-state index contributed by atoms with van der Waals surface area (Å²) in [6, 6.07) is 1.25. The molecule has 9 atom stereocenters. The Morgan fingerprint density at radius 2 is 1.26 bits per heavy atom. The van der Waals surface area contributed by atoms with Crippen molar-refractivity contribution in [1.82, 2.24) is 9.55 Å². The molecule has 4 unspecified atom stereocenters. The van der Waals surface area contributed by atoms with Crippen LogP contribution in [0.1, 0.15) is 200 Å². The van der Waals surface area contributed by atoms with E-state index in [0.717, 1.165) is 68.0 Å². The number of esters is 2. The molecule has 2 aliphatic heterocycles. The highest BCUT2D eigenvalue weighted by atomic mass is 31.3. The normalized spacial score (nSPS) is 21.9. The van der Waals surface area contributed by atoms with Gasteiger partial charge in [-0.2, -0.15) is 9.29 Å². The molecule has 0 saturated carbocycles. The molecule has 1 aromatic rings. The Morgan fingerprint density at radius 1 is 0.703 bits per heavy atom. The summed E-state index contributed by atoms with van der Waals surface area (Å²) in [5.74, 6) is -0.561. The summed E-state index contributed by atoms with van der Waals surface area (Å²) in [4.78, 5) is 62.1. The number of aliphatic hydroxyl groups excluding tert-OH is 2. The molecular weight excluding hydrogens is 997 g/mol. The minimum Gasteiger partial charge on any atom is -0.462 e. The van der Waals surface area contributed by atoms with Gasteiger partial charge in [-0.15, -0.1) is 0 Å². The molecule has 2 fully saturated rings. The number of hydrogen-bond acceptors (Lipinski definition) is 16. The minimum atomic E-state index is -5.44. The Bertz CT molecular complexity index is 1970. The van der Waals surface area contributed by atoms with Gasteiger partial charge in [0.15, 0.2) is 12.3 Å². The second-order valence-corrected chi connectivity index (χ2v) is 23.0. The molecule has 424 valence electrons. The lowest BCUT2D eigenvalue weighted by Gasteiger charge is -2.21. The maximum atomic E-state index is 12.9. The Kier molecular flexibility index (Phi) is 33.2. The van der Waals surface area contributed by atoms with Gasteiger partial charge in [0.25, 0.3) is 0 Å². The predicted octanol–water partition coefficient (Wildman–Crippen LogP) is 10.8. The molecule has 3 heterocycles. The van der Waals surface area contributed by atoms with E-state index in [1.807, 2.05) is 12.2 Å². The number of hydrogen-bond donors (Lipinski definition) is 5. The van der Waals surface area contributed by atoms with Gasteiger partial charge in [0, 0.05) is 19.0 Å². The van der Waals surface area contributed by atoms with Crippen LogP contribution in [0.15, 0.2) is 53.5 Å². The van der Waals surface area contributed by atoms with E-state index in [-0.39, 0.29) is 24.8 Å². The van der Waals surface area contributed by atoms with Gasteiger partial charge in [-0.05, 0) is 63.4 Å². The number of phosphoric ester groups is 2. The van der Waals surface area contributed by atoms with Gasteiger partial charge < -0.3 is 44.7 Å². The molecule has 0 amide bonds. The van der Waals surface area contributed by atoms with E-state index in [9.17, 15) is 43.5 Å². The fourth-order valence-electron chi connectivity index (χ4n) is 8.42. The van der Waals surface area contributed by atoms with Gasteiger partial charge in [-0.1, -0.05) is 166 Å². The van der Waals surface area contributed by atoms with E-state index < -0.39 is 83.7 Å². The van der Waals surface area contributed by atoms with Crippen LogP contribution in [0, 0.1) is 5.92 Å². The lowest BCUT2D eigenvalue weighted by atomic mass is 10.0. The molecule has 1 aromatic heterocycles. The number of nitrogens with two attached hydrogens (primary N) is 1. The average molecular weight is 1090 g/mol. The van der Waals surface area contributed by atoms with Crippen LogP contribution in [-0.4, -0.2) is 97.9 Å². The van der Waals surface area contributed by atoms with Crippen LogP contribution in [0.25, 0.3) is 0 Å². The molecule has 0 radical (unpaired) electrons. The third kappa shape index (κ3) is 30.0. The molecule has 0 spiro atoms. The van der Waals surface area contributed by atoms with Gasteiger partial charge >= 0.3 is 33.3 Å². The van der Waals surface area contributed by atoms with Crippen molar-refractivity contribution in [2.45, 2.75) is 237 Å². The fraction of sp³-hybridized carbons (Fsp3) is 0.774. The monoisotopic (exact) mass is 1090 g/mol. The smallest absolute Gasteiger partial charge is 0.462 e. The summed E-state index contributed by atoms with van der Waals surface area (Å²) in [5.41, 5.74) is 4.59. The van der Waals surface area contributed by atoms with Crippen molar-refractivity contribution in [3.63, 3.8) is 0 Å². The number of anilines is 1. The SMILES string of the molecule is CCCCC/C=C\CC1OC1C/C=C\C/C=C\CCCC(=O)O[C@H](COC(=O)CCCCCCCCCCCCCCCCCC(C)C)COP(=O)(O)OP(=O)(O)OC[C@H]1O[C@@H](n2ccc(N)nc2=O)[C@H](O)[C@@H]1O. The van der Waals surface area contributed by atoms with E-state index in [0.29, 0.717) is 25.4 Å². The molecule has 74 heavy (non-hydrogen) atoms. The zero-order chi connectivity index (χ0) is 54.0. The van der Waals surface area contributed by atoms with Crippen molar-refractivity contribution < 1.29 is 71.0 Å². The minimum absolute atomic E-state index is 0.0298. The molecule has 6 N–H and O–H groups in total. The highest BCUT2D eigenvalue weighted by molar-refractivity contribution is 7.61. The molecule has 21 heteroatoms. The summed E-state index contributed by atoms with van der Waals surface area (Å²) >= 11 is 0. The van der Waals surface area contributed by atoms with Gasteiger partial charge in [0.2, 0.25) is 0 Å². The first-order valence-corrected chi connectivity index (χ1v) is 30.5. The molecule has 3 rings (SSSR count). The van der Waals surface area contributed by atoms with Gasteiger partial charge in [-0.25, -0.2) is 13.9 Å². The summed E-state index contributed by atoms with van der Waals surface area (Å²) in [5, 5.41) is 20.9. The van der Waals surface area contributed by atoms with Gasteiger partial charge in [0.1, 0.15) is 30.7 Å². The van der Waals surface area contributed by atoms with Gasteiger partial charge in [0.05, 0.1) is 25.4 Å². The summed E-state index contributed by atoms with van der Waals surface area (Å²) in [7, 11) is -10.9. The molecule has 0 bridgehead atoms. The third-order valence-electron chi connectivity index (χ3n) is 12.8. The number of carbonyl (C=O) groups excluding carboxylic acids is 2. The summed E-state index contributed by atoms with van der Waals surface area (Å²) in [6.07, 6.45) is 34.0. The number of ether oxygens (including phenoxy) is 4. The number of nitrogens with zero attached hydrogens (tertiary/aromatic N) is 2. The second-order valence-electron chi connectivity index (χ2n) is 20.0. The van der Waals surface area contributed by atoms with Crippen LogP contribution >= 0.6 is 15.6 Å². The van der Waals surface area contributed by atoms with E-state index >= 15 is 0 Å². The first kappa shape index (κ1) is 65.2. The van der Waals surface area contributed by atoms with Crippen molar-refractivity contribution in [3.05, 3.63) is 59.2 Å². The van der Waals surface area contributed by atoms with Crippen molar-refractivity contribution in [2.75, 3.05) is 25.6 Å². The zero-order valence-electron chi connectivity index (χ0n) is 44.5. The summed E-state index contributed by atoms with van der Waals surface area (Å²) in [6.45, 7) is 4.42. The van der Waals surface area contributed by atoms with E-state index in [1.165, 1.54) is 96.0 Å². The highest BCUT2D eigenvalue weighted by Crippen LogP contribution is 2.60. The average Bonchev–Trinajstić information content (AvgIpc) is 4.04. The van der Waals surface area contributed by atoms with Crippen LogP contribution in [0.2, 0.25) is 0 Å². The quantitative estimate of drug-likeness (QED) is 0.0133. The zero-order valence-corrected chi connectivity index (χ0v) is 46.3. The van der Waals surface area contributed by atoms with Crippen LogP contribution in [0.3, 0.4) is 0 Å². The number of carbonyl (C=O) groups is 2. The maximum Gasteiger partial charge on any atom is 0.481 e. The van der Waals surface area contributed by atoms with Gasteiger partial charge in [-0.3, -0.25) is 23.2 Å². The first-order chi connectivity index (χ1) is 35.5. The number of allylic oxidation sites excluding steroid dienone is 4. The van der Waals surface area contributed by atoms with E-state index in [2.05, 4.69) is 54.4 Å². The molecule has 2 saturated heterocycles. The largest absolute Gasteiger partial charge is 0.481 e. The van der Waals surface area contributed by atoms with E-state index in [1.54, 1.807) is 0 Å². The second kappa shape index (κ2) is 37.7. The Balaban J connectivity index is 1.39. The van der Waals surface area contributed by atoms with E-state index in [4.69, 9.17) is 33.7 Å². The summed E-state index contributed by atoms with van der Waals surface area (Å²) < 4.78 is 62.6. The Morgan fingerprint density at radius 3 is 1.88 bits per heavy atom. The van der Waals surface area contributed by atoms with Crippen LogP contribution in [0.5, 0.6) is 0 Å². The third-order valence-corrected chi connectivity index (χ3v) is 15.4. The maximum absolute atomic E-state index is 12.9. The number of epoxide rings is 1. The van der Waals surface area contributed by atoms with Crippen molar-refractivity contribution in [2.24, 2.45) is 5.92 Å². The number of phosphoric acid groups is 2. The van der Waals surface area contributed by atoms with Crippen LogP contribution in [0.4, 0.5) is 5.82 Å². The fourth-order valence-corrected chi connectivity index (χ4v) is 10.5. The predicted molar refractivity (Wildman–Crippen MR) is 284 cm³/mol. The lowest BCUT2D eigenvalue weighted by Crippen LogP contribution is -2.36. The first-order valence-electron chi connectivity index (χ1n) is 27.5. The van der Waals surface area contributed by atoms with Crippen molar-refractivity contribution in [3.8, 4) is 0 Å². The highest BCUT2D eigenvalue weighted by Gasteiger charge is 2.46. The number of nitrogen functional groups attached to an aromatic ring is 1. The number of rotatable bonds is 44. The molecular formula is C53H91N3O16P2. The van der Waals surface area contributed by atoms with Crippen LogP contribution in [-0.2, 0) is 51.0 Å². The Labute approximate surface area is 440 Å². The lowest BCUT2D eigenvalue weighted by molar-refractivity contribution is -0.161. The number of aliphatic hydroxyl groups is 2. The van der Waals surface area contributed by atoms with Crippen molar-refractivity contribution >= 4 is 33.4 Å². The Hall–Kier alpha value is -3.06. The number of unbranched alkanes of at least 4 members (excludes halogenated alkanes) is 18. The molecule has 0 aromatic carbocycles. The molecule has 19 nitrogen and oxygen atoms in total. The topological polar surface area (TPSA) is 278 Å². The standard InChI is InChI=1S/C53H91N3O16P2/c1-4-5-6-7-23-28-33-44-45(70-44)34-29-24-19-17-21-26-31-36-49(58)69-43(39-66-48(57)35-30-25-20-16-14-12-10-8-9-11-13-15-18-22-27-32-42(2)3)40-67-73(62,63)72-74(64,65)68-41-46-50(59)51(60)52(71-46)56-38-37-47(54)55-53(56)61/h17,21,23-24,28-29,37-38,42-46,50-52,59-60H,4-16,18-20,22,25-27,30-36,39-41H2,1-3H3,(H,62,63)(H,64,65)(H2,54,55,61)/b21-17-,28-23-,29-24-/t43-,44?,45?,46-,50-,51-,52-/m1/s1. The molecule has 2 aliphatic rings. The molecule has 0 aliphatic carbocycles.